The summed E-state index contributed by atoms with van der Waals surface area (Å²) in [7, 11) is 11.2. The van der Waals surface area contributed by atoms with E-state index in [0.29, 0.717) is 11.1 Å². The number of rotatable bonds is 4. The highest BCUT2D eigenvalue weighted by molar-refractivity contribution is 6.22. The summed E-state index contributed by atoms with van der Waals surface area (Å²) in [4.78, 5) is 37.9. The van der Waals surface area contributed by atoms with Gasteiger partial charge in [-0.1, -0.05) is 12.1 Å². The number of Topliss-reactive ketones (excluding diaryl/α,β-unsaturated/α-hetero) is 1. The SMILES string of the molecule is CN(C)C.[B]CC(=O)CCN1C(=O)c2ccccc2C1=O. The molecule has 1 heterocycles. The Bertz CT molecular complexity index is 506. The summed E-state index contributed by atoms with van der Waals surface area (Å²) < 4.78 is 0. The van der Waals surface area contributed by atoms with E-state index >= 15 is 0 Å². The molecule has 21 heavy (non-hydrogen) atoms. The standard InChI is InChI=1S/C12H10BNO3.C3H9N/c13-7-8(15)5-6-14-11(16)9-3-1-2-4-10(9)12(14)17;1-4(2)3/h1-4H,5-7H2;1-3H3. The van der Waals surface area contributed by atoms with Crippen LogP contribution in [-0.4, -0.2) is 62.9 Å². The maximum Gasteiger partial charge on any atom is 0.261 e. The van der Waals surface area contributed by atoms with Crippen LogP contribution in [0.25, 0.3) is 0 Å². The highest BCUT2D eigenvalue weighted by atomic mass is 16.2. The fraction of sp³-hybridized carbons (Fsp3) is 0.400. The number of ketones is 1. The number of nitrogens with zero attached hydrogens (tertiary/aromatic N) is 2. The zero-order chi connectivity index (χ0) is 16.0. The summed E-state index contributed by atoms with van der Waals surface area (Å²) in [6.45, 7) is 0.0996. The molecule has 1 aromatic rings. The lowest BCUT2D eigenvalue weighted by Crippen LogP contribution is -2.31. The van der Waals surface area contributed by atoms with E-state index < -0.39 is 0 Å². The molecule has 5 nitrogen and oxygen atoms in total. The monoisotopic (exact) mass is 286 g/mol. The van der Waals surface area contributed by atoms with Crippen LogP contribution in [0.3, 0.4) is 0 Å². The van der Waals surface area contributed by atoms with Crippen LogP contribution >= 0.6 is 0 Å². The Balaban J connectivity index is 0.000000491. The van der Waals surface area contributed by atoms with Crippen LogP contribution < -0.4 is 0 Å². The van der Waals surface area contributed by atoms with Gasteiger partial charge < -0.3 is 9.69 Å². The van der Waals surface area contributed by atoms with Crippen LogP contribution in [0.1, 0.15) is 27.1 Å². The van der Waals surface area contributed by atoms with Gasteiger partial charge in [0.25, 0.3) is 11.8 Å². The largest absolute Gasteiger partial charge is 0.312 e. The Hall–Kier alpha value is -1.95. The number of fused-ring (bicyclic) bond motifs is 1. The van der Waals surface area contributed by atoms with Gasteiger partial charge in [0.15, 0.2) is 0 Å². The van der Waals surface area contributed by atoms with Gasteiger partial charge in [0.05, 0.1) is 19.0 Å². The van der Waals surface area contributed by atoms with Crippen LogP contribution in [0.15, 0.2) is 24.3 Å². The summed E-state index contributed by atoms with van der Waals surface area (Å²) in [6.07, 6.45) is 0.0468. The Labute approximate surface area is 126 Å². The number of hydrogen-bond acceptors (Lipinski definition) is 4. The average Bonchev–Trinajstić information content (AvgIpc) is 2.68. The molecule has 0 bridgehead atoms. The van der Waals surface area contributed by atoms with Crippen molar-refractivity contribution in [2.45, 2.75) is 12.7 Å². The van der Waals surface area contributed by atoms with Crippen molar-refractivity contribution in [3.63, 3.8) is 0 Å². The van der Waals surface area contributed by atoms with E-state index in [1.165, 1.54) is 0 Å². The minimum Gasteiger partial charge on any atom is -0.312 e. The predicted octanol–water partition coefficient (Wildman–Crippen LogP) is 1.01. The van der Waals surface area contributed by atoms with Crippen LogP contribution in [0.5, 0.6) is 0 Å². The number of carbonyl (C=O) groups excluding carboxylic acids is 3. The fourth-order valence-electron chi connectivity index (χ4n) is 1.78. The summed E-state index contributed by atoms with van der Waals surface area (Å²) >= 11 is 0. The van der Waals surface area contributed by atoms with Crippen molar-refractivity contribution in [2.24, 2.45) is 0 Å². The van der Waals surface area contributed by atoms with Gasteiger partial charge in [0.2, 0.25) is 0 Å². The molecular weight excluding hydrogens is 267 g/mol. The second-order valence-corrected chi connectivity index (χ2v) is 5.14. The Morgan fingerprint density at radius 1 is 1.10 bits per heavy atom. The molecule has 110 valence electrons. The second kappa shape index (κ2) is 7.74. The number of carbonyl (C=O) groups is 3. The van der Waals surface area contributed by atoms with Gasteiger partial charge in [-0.3, -0.25) is 14.5 Å². The molecule has 0 saturated heterocycles. The highest BCUT2D eigenvalue weighted by Crippen LogP contribution is 2.22. The first-order valence-corrected chi connectivity index (χ1v) is 6.66. The molecule has 0 N–H and O–H groups in total. The second-order valence-electron chi connectivity index (χ2n) is 5.14. The maximum atomic E-state index is 11.9. The fourth-order valence-corrected chi connectivity index (χ4v) is 1.78. The molecule has 2 amide bonds. The molecule has 2 radical (unpaired) electrons. The number of imide groups is 1. The number of hydrogen-bond donors (Lipinski definition) is 0. The topological polar surface area (TPSA) is 57.7 Å². The lowest BCUT2D eigenvalue weighted by molar-refractivity contribution is -0.117. The summed E-state index contributed by atoms with van der Waals surface area (Å²) in [5, 5.41) is 0. The van der Waals surface area contributed by atoms with Crippen LogP contribution in [0, 0.1) is 0 Å². The van der Waals surface area contributed by atoms with E-state index in [-0.39, 0.29) is 36.9 Å². The van der Waals surface area contributed by atoms with E-state index in [1.54, 1.807) is 24.3 Å². The normalized spacial score (nSPS) is 13.0. The van der Waals surface area contributed by atoms with Gasteiger partial charge in [-0.2, -0.15) is 0 Å². The van der Waals surface area contributed by atoms with Crippen LogP contribution in [0.2, 0.25) is 6.32 Å². The zero-order valence-electron chi connectivity index (χ0n) is 12.6. The zero-order valence-corrected chi connectivity index (χ0v) is 12.6. The lowest BCUT2D eigenvalue weighted by Gasteiger charge is -2.12. The molecule has 0 fully saturated rings. The third-order valence-corrected chi connectivity index (χ3v) is 2.72. The highest BCUT2D eigenvalue weighted by Gasteiger charge is 2.34. The molecule has 2 rings (SSSR count). The molecule has 0 aliphatic carbocycles. The molecule has 0 aromatic heterocycles. The molecule has 1 aliphatic rings. The third kappa shape index (κ3) is 4.53. The van der Waals surface area contributed by atoms with Crippen LogP contribution in [0.4, 0.5) is 0 Å². The molecule has 1 aromatic carbocycles. The average molecular weight is 286 g/mol. The Morgan fingerprint density at radius 3 is 1.90 bits per heavy atom. The van der Waals surface area contributed by atoms with Crippen molar-refractivity contribution in [3.8, 4) is 0 Å². The van der Waals surface area contributed by atoms with Gasteiger partial charge in [-0.15, -0.1) is 0 Å². The minimum atomic E-state index is -0.338. The molecule has 0 unspecified atom stereocenters. The van der Waals surface area contributed by atoms with E-state index in [1.807, 2.05) is 26.0 Å². The quantitative estimate of drug-likeness (QED) is 0.612. The van der Waals surface area contributed by atoms with Gasteiger partial charge >= 0.3 is 0 Å². The van der Waals surface area contributed by atoms with Crippen molar-refractivity contribution in [2.75, 3.05) is 27.7 Å². The smallest absolute Gasteiger partial charge is 0.261 e. The molecule has 0 saturated carbocycles. The number of benzene rings is 1. The van der Waals surface area contributed by atoms with E-state index in [2.05, 4.69) is 0 Å². The number of amides is 2. The van der Waals surface area contributed by atoms with Crippen LogP contribution in [-0.2, 0) is 4.79 Å². The van der Waals surface area contributed by atoms with Crippen molar-refractivity contribution in [1.29, 1.82) is 0 Å². The lowest BCUT2D eigenvalue weighted by atomic mass is 9.99. The minimum absolute atomic E-state index is 0.0663. The molecule has 0 atom stereocenters. The van der Waals surface area contributed by atoms with Gasteiger partial charge in [0.1, 0.15) is 5.78 Å². The Morgan fingerprint density at radius 2 is 1.52 bits per heavy atom. The Kier molecular flexibility index (Phi) is 6.30. The van der Waals surface area contributed by atoms with E-state index in [4.69, 9.17) is 7.85 Å². The van der Waals surface area contributed by atoms with Crippen molar-refractivity contribution in [3.05, 3.63) is 35.4 Å². The first-order valence-electron chi connectivity index (χ1n) is 6.66. The van der Waals surface area contributed by atoms with Gasteiger partial charge in [-0.25, -0.2) is 0 Å². The maximum absolute atomic E-state index is 11.9. The molecule has 6 heteroatoms. The van der Waals surface area contributed by atoms with Crippen molar-refractivity contribution < 1.29 is 14.4 Å². The first-order chi connectivity index (χ1) is 9.88. The van der Waals surface area contributed by atoms with Gasteiger partial charge in [0, 0.05) is 13.0 Å². The van der Waals surface area contributed by atoms with Crippen molar-refractivity contribution >= 4 is 25.4 Å². The van der Waals surface area contributed by atoms with Gasteiger partial charge in [-0.05, 0) is 39.6 Å². The van der Waals surface area contributed by atoms with E-state index in [9.17, 15) is 14.4 Å². The first kappa shape index (κ1) is 17.1. The van der Waals surface area contributed by atoms with E-state index in [0.717, 1.165) is 4.90 Å². The molecular formula is C15H19BN2O3. The molecule has 1 aliphatic heterocycles. The third-order valence-electron chi connectivity index (χ3n) is 2.72. The summed E-state index contributed by atoms with van der Waals surface area (Å²) in [5.41, 5.74) is 0.801. The summed E-state index contributed by atoms with van der Waals surface area (Å²) in [5.74, 6) is -0.840. The predicted molar refractivity (Wildman–Crippen MR) is 81.6 cm³/mol. The van der Waals surface area contributed by atoms with Crippen molar-refractivity contribution in [1.82, 2.24) is 9.80 Å². The molecule has 0 spiro atoms. The summed E-state index contributed by atoms with van der Waals surface area (Å²) in [6, 6.07) is 6.64.